The summed E-state index contributed by atoms with van der Waals surface area (Å²) < 4.78 is 1.54. The number of primary amides is 1. The van der Waals surface area contributed by atoms with Gasteiger partial charge in [-0.25, -0.2) is 9.78 Å². The number of imide groups is 1. The first kappa shape index (κ1) is 21.6. The van der Waals surface area contributed by atoms with E-state index in [1.165, 1.54) is 4.57 Å². The summed E-state index contributed by atoms with van der Waals surface area (Å²) in [4.78, 5) is 41.9. The van der Waals surface area contributed by atoms with Gasteiger partial charge in [0.25, 0.3) is 5.56 Å². The molecule has 1 aromatic heterocycles. The van der Waals surface area contributed by atoms with Gasteiger partial charge in [-0.15, -0.1) is 0 Å². The van der Waals surface area contributed by atoms with Gasteiger partial charge in [-0.1, -0.05) is 55.4 Å². The van der Waals surface area contributed by atoms with Crippen LogP contribution in [0.3, 0.4) is 0 Å². The molecule has 2 aromatic carbocycles. The number of hydrogen-bond acceptors (Lipinski definition) is 5. The smallest absolute Gasteiger partial charge is 0.318 e. The largest absolute Gasteiger partial charge is 0.351 e. The van der Waals surface area contributed by atoms with Gasteiger partial charge < -0.3 is 5.73 Å². The third-order valence-corrected chi connectivity index (χ3v) is 6.18. The Morgan fingerprint density at radius 1 is 1.13 bits per heavy atom. The molecule has 1 unspecified atom stereocenters. The molecule has 0 radical (unpaired) electrons. The Morgan fingerprint density at radius 2 is 1.83 bits per heavy atom. The summed E-state index contributed by atoms with van der Waals surface area (Å²) in [6.45, 7) is 7.63. The van der Waals surface area contributed by atoms with Crippen molar-refractivity contribution in [1.29, 1.82) is 0 Å². The Balaban J connectivity index is 2.23. The lowest BCUT2D eigenvalue weighted by Gasteiger charge is -2.21. The third-order valence-electron chi connectivity index (χ3n) is 4.68. The zero-order valence-corrected chi connectivity index (χ0v) is 18.1. The van der Waals surface area contributed by atoms with Crippen LogP contribution >= 0.6 is 11.8 Å². The fourth-order valence-corrected chi connectivity index (χ4v) is 4.36. The lowest BCUT2D eigenvalue weighted by atomic mass is 10.1. The molecule has 0 spiro atoms. The number of fused-ring (bicyclic) bond motifs is 1. The number of nitrogens with one attached hydrogen (secondary N) is 1. The molecule has 8 heteroatoms. The third kappa shape index (κ3) is 4.38. The minimum atomic E-state index is -0.913. The van der Waals surface area contributed by atoms with E-state index in [9.17, 15) is 14.4 Å². The normalized spacial score (nSPS) is 12.2. The molecule has 0 saturated carbocycles. The fourth-order valence-electron chi connectivity index (χ4n) is 3.26. The van der Waals surface area contributed by atoms with E-state index in [1.54, 1.807) is 18.2 Å². The van der Waals surface area contributed by atoms with E-state index in [-0.39, 0.29) is 11.5 Å². The molecule has 156 valence electrons. The molecule has 7 nitrogen and oxygen atoms in total. The number of urea groups is 1. The predicted molar refractivity (Wildman–Crippen MR) is 119 cm³/mol. The highest BCUT2D eigenvalue weighted by molar-refractivity contribution is 8.00. The number of rotatable bonds is 5. The Labute approximate surface area is 178 Å². The summed E-state index contributed by atoms with van der Waals surface area (Å²) >= 11 is 1.14. The van der Waals surface area contributed by atoms with Crippen molar-refractivity contribution >= 4 is 34.6 Å². The van der Waals surface area contributed by atoms with Crippen molar-refractivity contribution in [2.24, 2.45) is 11.7 Å². The maximum Gasteiger partial charge on any atom is 0.318 e. The van der Waals surface area contributed by atoms with Gasteiger partial charge in [-0.3, -0.25) is 19.5 Å². The van der Waals surface area contributed by atoms with Crippen LogP contribution in [-0.4, -0.2) is 26.7 Å². The SMILES string of the molecule is Cc1ccc(-n2c(SC(C(=O)NC(N)=O)C(C)C)nc3ccccc3c2=O)c(C)c1. The second kappa shape index (κ2) is 8.71. The number of thioether (sulfide) groups is 1. The van der Waals surface area contributed by atoms with Crippen LogP contribution in [0, 0.1) is 19.8 Å². The van der Waals surface area contributed by atoms with Crippen molar-refractivity contribution in [3.8, 4) is 5.69 Å². The second-order valence-electron chi connectivity index (χ2n) is 7.48. The number of hydrogen-bond donors (Lipinski definition) is 2. The molecule has 0 aliphatic carbocycles. The Kier molecular flexibility index (Phi) is 6.26. The summed E-state index contributed by atoms with van der Waals surface area (Å²) in [5.41, 5.74) is 8.15. The number of carbonyl (C=O) groups excluding carboxylic acids is 2. The van der Waals surface area contributed by atoms with Gasteiger partial charge in [0, 0.05) is 0 Å². The topological polar surface area (TPSA) is 107 Å². The van der Waals surface area contributed by atoms with Crippen molar-refractivity contribution < 1.29 is 9.59 Å². The minimum Gasteiger partial charge on any atom is -0.351 e. The Morgan fingerprint density at radius 3 is 2.47 bits per heavy atom. The highest BCUT2D eigenvalue weighted by atomic mass is 32.2. The number of aryl methyl sites for hydroxylation is 2. The molecule has 3 rings (SSSR count). The highest BCUT2D eigenvalue weighted by Crippen LogP contribution is 2.30. The van der Waals surface area contributed by atoms with E-state index in [0.29, 0.717) is 21.7 Å². The van der Waals surface area contributed by atoms with Gasteiger partial charge in [0.1, 0.15) is 0 Å². The zero-order chi connectivity index (χ0) is 22.0. The molecule has 1 atom stereocenters. The van der Waals surface area contributed by atoms with E-state index in [2.05, 4.69) is 10.3 Å². The van der Waals surface area contributed by atoms with Crippen LogP contribution in [0.25, 0.3) is 16.6 Å². The first-order chi connectivity index (χ1) is 14.2. The fraction of sp³-hybridized carbons (Fsp3) is 0.273. The summed E-state index contributed by atoms with van der Waals surface area (Å²) in [6, 6.07) is 12.0. The molecule has 1 heterocycles. The van der Waals surface area contributed by atoms with Crippen molar-refractivity contribution in [3.05, 3.63) is 63.9 Å². The van der Waals surface area contributed by atoms with Crippen LogP contribution in [0.1, 0.15) is 25.0 Å². The van der Waals surface area contributed by atoms with E-state index in [1.807, 2.05) is 52.0 Å². The van der Waals surface area contributed by atoms with Crippen LogP contribution < -0.4 is 16.6 Å². The van der Waals surface area contributed by atoms with Crippen LogP contribution in [-0.2, 0) is 4.79 Å². The molecular weight excluding hydrogens is 400 g/mol. The van der Waals surface area contributed by atoms with Gasteiger partial charge in [-0.05, 0) is 43.5 Å². The molecule has 3 N–H and O–H groups in total. The molecular formula is C22H24N4O3S. The predicted octanol–water partition coefficient (Wildman–Crippen LogP) is 3.31. The number of carbonyl (C=O) groups is 2. The van der Waals surface area contributed by atoms with Crippen molar-refractivity contribution in [3.63, 3.8) is 0 Å². The second-order valence-corrected chi connectivity index (χ2v) is 8.59. The van der Waals surface area contributed by atoms with E-state index >= 15 is 0 Å². The number of nitrogens with two attached hydrogens (primary N) is 1. The van der Waals surface area contributed by atoms with Crippen LogP contribution in [0.15, 0.2) is 52.4 Å². The van der Waals surface area contributed by atoms with E-state index < -0.39 is 17.2 Å². The number of para-hydroxylation sites is 1. The summed E-state index contributed by atoms with van der Waals surface area (Å²) in [5.74, 6) is -0.651. The molecule has 0 fully saturated rings. The summed E-state index contributed by atoms with van der Waals surface area (Å²) in [7, 11) is 0. The van der Waals surface area contributed by atoms with Gasteiger partial charge in [0.05, 0.1) is 21.8 Å². The average Bonchev–Trinajstić information content (AvgIpc) is 2.66. The average molecular weight is 425 g/mol. The Bertz CT molecular complexity index is 1190. The number of nitrogens with zero attached hydrogens (tertiary/aromatic N) is 2. The van der Waals surface area contributed by atoms with Gasteiger partial charge >= 0.3 is 6.03 Å². The Hall–Kier alpha value is -3.13. The van der Waals surface area contributed by atoms with Gasteiger partial charge in [0.15, 0.2) is 5.16 Å². The first-order valence-corrected chi connectivity index (χ1v) is 10.4. The lowest BCUT2D eigenvalue weighted by molar-refractivity contribution is -0.120. The molecule has 3 amide bonds. The molecule has 0 aliphatic heterocycles. The highest BCUT2D eigenvalue weighted by Gasteiger charge is 2.27. The van der Waals surface area contributed by atoms with Crippen molar-refractivity contribution in [1.82, 2.24) is 14.9 Å². The number of aromatic nitrogens is 2. The molecule has 0 aliphatic rings. The maximum atomic E-state index is 13.4. The first-order valence-electron chi connectivity index (χ1n) is 9.55. The lowest BCUT2D eigenvalue weighted by Crippen LogP contribution is -2.42. The standard InChI is InChI=1S/C22H24N4O3S/c1-12(2)18(19(27)25-21(23)29)30-22-24-16-8-6-5-7-15(16)20(28)26(22)17-10-9-13(3)11-14(17)4/h5-12,18H,1-4H3,(H3,23,25,27,29). The van der Waals surface area contributed by atoms with Crippen molar-refractivity contribution in [2.45, 2.75) is 38.1 Å². The van der Waals surface area contributed by atoms with Crippen LogP contribution in [0.4, 0.5) is 4.79 Å². The minimum absolute atomic E-state index is 0.134. The molecule has 3 aromatic rings. The van der Waals surface area contributed by atoms with Crippen molar-refractivity contribution in [2.75, 3.05) is 0 Å². The molecule has 0 bridgehead atoms. The van der Waals surface area contributed by atoms with Gasteiger partial charge in [0.2, 0.25) is 5.91 Å². The summed E-state index contributed by atoms with van der Waals surface area (Å²) in [5, 5.41) is 2.34. The number of amides is 3. The van der Waals surface area contributed by atoms with E-state index in [0.717, 1.165) is 22.9 Å². The summed E-state index contributed by atoms with van der Waals surface area (Å²) in [6.07, 6.45) is 0. The monoisotopic (exact) mass is 424 g/mol. The van der Waals surface area contributed by atoms with E-state index in [4.69, 9.17) is 5.73 Å². The van der Waals surface area contributed by atoms with Gasteiger partial charge in [-0.2, -0.15) is 0 Å². The van der Waals surface area contributed by atoms with Crippen LogP contribution in [0.2, 0.25) is 0 Å². The number of benzene rings is 2. The quantitative estimate of drug-likeness (QED) is 0.483. The maximum absolute atomic E-state index is 13.4. The van der Waals surface area contributed by atoms with Crippen LogP contribution in [0.5, 0.6) is 0 Å². The zero-order valence-electron chi connectivity index (χ0n) is 17.3. The molecule has 0 saturated heterocycles. The molecule has 30 heavy (non-hydrogen) atoms.